The molecule has 1 saturated heterocycles. The Morgan fingerprint density at radius 2 is 2.10 bits per heavy atom. The number of rotatable bonds is 1. The van der Waals surface area contributed by atoms with E-state index in [0.717, 1.165) is 19.0 Å². The average molecular weight is 141 g/mol. The summed E-state index contributed by atoms with van der Waals surface area (Å²) < 4.78 is 5.75. The monoisotopic (exact) mass is 141 g/mol. The average Bonchev–Trinajstić information content (AvgIpc) is 2.68. The topological polar surface area (TPSA) is 21.3 Å². The van der Waals surface area contributed by atoms with Gasteiger partial charge in [-0.25, -0.2) is 0 Å². The van der Waals surface area contributed by atoms with Gasteiger partial charge in [-0.05, 0) is 25.7 Å². The van der Waals surface area contributed by atoms with Gasteiger partial charge >= 0.3 is 0 Å². The molecule has 0 spiro atoms. The fraction of sp³-hybridized carbons (Fsp3) is 1.00. The lowest BCUT2D eigenvalue weighted by molar-refractivity contribution is -0.0380. The zero-order valence-electron chi connectivity index (χ0n) is 6.47. The normalized spacial score (nSPS) is 41.7. The highest BCUT2D eigenvalue weighted by Gasteiger charge is 2.34. The number of hydrogen-bond donors (Lipinski definition) is 1. The van der Waals surface area contributed by atoms with Gasteiger partial charge in [-0.2, -0.15) is 0 Å². The zero-order chi connectivity index (χ0) is 6.97. The van der Waals surface area contributed by atoms with Crippen LogP contribution in [0.3, 0.4) is 0 Å². The number of ether oxygens (including phenoxy) is 1. The molecule has 2 rings (SSSR count). The van der Waals surface area contributed by atoms with E-state index in [1.165, 1.54) is 12.8 Å². The molecule has 1 N–H and O–H groups in total. The molecule has 2 heteroatoms. The number of hydrogen-bond acceptors (Lipinski definition) is 2. The van der Waals surface area contributed by atoms with E-state index in [2.05, 4.69) is 12.2 Å². The molecule has 2 nitrogen and oxygen atoms in total. The Morgan fingerprint density at radius 1 is 1.30 bits per heavy atom. The molecule has 0 aromatic rings. The molecule has 0 bridgehead atoms. The summed E-state index contributed by atoms with van der Waals surface area (Å²) in [6.45, 7) is 4.25. The highest BCUT2D eigenvalue weighted by atomic mass is 16.5. The standard InChI is InChI=1S/C8H15NO/c1-6-4-9-5-8(10-6)7-2-3-7/h6-9H,2-5H2,1H3/t6-,8+/m0/s1. The largest absolute Gasteiger partial charge is 0.372 e. The van der Waals surface area contributed by atoms with E-state index in [1.54, 1.807) is 0 Å². The SMILES string of the molecule is C[C@H]1CNC[C@H](C2CC2)O1. The van der Waals surface area contributed by atoms with Crippen molar-refractivity contribution >= 4 is 0 Å². The lowest BCUT2D eigenvalue weighted by atomic mass is 10.2. The Hall–Kier alpha value is -0.0800. The van der Waals surface area contributed by atoms with Gasteiger partial charge in [0.05, 0.1) is 12.2 Å². The van der Waals surface area contributed by atoms with Gasteiger partial charge in [0.2, 0.25) is 0 Å². The van der Waals surface area contributed by atoms with Crippen LogP contribution >= 0.6 is 0 Å². The minimum atomic E-state index is 0.430. The molecule has 58 valence electrons. The predicted octanol–water partition coefficient (Wildman–Crippen LogP) is 0.773. The summed E-state index contributed by atoms with van der Waals surface area (Å²) in [4.78, 5) is 0. The summed E-state index contributed by atoms with van der Waals surface area (Å²) in [5, 5.41) is 3.38. The summed E-state index contributed by atoms with van der Waals surface area (Å²) >= 11 is 0. The lowest BCUT2D eigenvalue weighted by Crippen LogP contribution is -2.44. The third kappa shape index (κ3) is 1.32. The van der Waals surface area contributed by atoms with Crippen molar-refractivity contribution in [3.63, 3.8) is 0 Å². The maximum Gasteiger partial charge on any atom is 0.0731 e. The third-order valence-electron chi connectivity index (χ3n) is 2.33. The fourth-order valence-corrected chi connectivity index (χ4v) is 1.57. The van der Waals surface area contributed by atoms with E-state index in [4.69, 9.17) is 4.74 Å². The fourth-order valence-electron chi connectivity index (χ4n) is 1.57. The summed E-state index contributed by atoms with van der Waals surface area (Å²) in [7, 11) is 0. The van der Waals surface area contributed by atoms with E-state index >= 15 is 0 Å². The molecule has 0 aromatic heterocycles. The van der Waals surface area contributed by atoms with Crippen molar-refractivity contribution in [2.24, 2.45) is 5.92 Å². The molecule has 1 aliphatic carbocycles. The van der Waals surface area contributed by atoms with Crippen molar-refractivity contribution in [2.45, 2.75) is 32.0 Å². The molecule has 2 atom stereocenters. The van der Waals surface area contributed by atoms with Crippen LogP contribution in [0.2, 0.25) is 0 Å². The van der Waals surface area contributed by atoms with Crippen LogP contribution < -0.4 is 5.32 Å². The first kappa shape index (κ1) is 6.62. The molecule has 2 fully saturated rings. The van der Waals surface area contributed by atoms with Crippen LogP contribution in [0, 0.1) is 5.92 Å². The van der Waals surface area contributed by atoms with Gasteiger partial charge in [-0.15, -0.1) is 0 Å². The Labute approximate surface area is 61.9 Å². The van der Waals surface area contributed by atoms with Crippen LogP contribution in [-0.4, -0.2) is 25.3 Å². The van der Waals surface area contributed by atoms with Crippen LogP contribution in [-0.2, 0) is 4.74 Å². The van der Waals surface area contributed by atoms with Crippen molar-refractivity contribution in [1.82, 2.24) is 5.32 Å². The molecule has 2 aliphatic rings. The van der Waals surface area contributed by atoms with Crippen LogP contribution in [0.4, 0.5) is 0 Å². The van der Waals surface area contributed by atoms with Gasteiger partial charge in [0.1, 0.15) is 0 Å². The van der Waals surface area contributed by atoms with Gasteiger partial charge < -0.3 is 10.1 Å². The highest BCUT2D eigenvalue weighted by Crippen LogP contribution is 2.35. The number of morpholine rings is 1. The van der Waals surface area contributed by atoms with E-state index in [1.807, 2.05) is 0 Å². The van der Waals surface area contributed by atoms with Crippen LogP contribution in [0.15, 0.2) is 0 Å². The summed E-state index contributed by atoms with van der Waals surface area (Å²) in [6.07, 6.45) is 3.74. The molecule has 0 unspecified atom stereocenters. The van der Waals surface area contributed by atoms with Crippen LogP contribution in [0.1, 0.15) is 19.8 Å². The molecule has 1 aliphatic heterocycles. The van der Waals surface area contributed by atoms with Crippen molar-refractivity contribution < 1.29 is 4.74 Å². The van der Waals surface area contributed by atoms with Crippen molar-refractivity contribution in [3.05, 3.63) is 0 Å². The van der Waals surface area contributed by atoms with E-state index in [9.17, 15) is 0 Å². The molecule has 1 saturated carbocycles. The van der Waals surface area contributed by atoms with Crippen LogP contribution in [0.25, 0.3) is 0 Å². The van der Waals surface area contributed by atoms with Crippen molar-refractivity contribution in [1.29, 1.82) is 0 Å². The highest BCUT2D eigenvalue weighted by molar-refractivity contribution is 4.86. The predicted molar refractivity (Wildman–Crippen MR) is 39.9 cm³/mol. The molecule has 0 aromatic carbocycles. The summed E-state index contributed by atoms with van der Waals surface area (Å²) in [5.41, 5.74) is 0. The first-order valence-corrected chi connectivity index (χ1v) is 4.22. The quantitative estimate of drug-likeness (QED) is 0.582. The minimum absolute atomic E-state index is 0.430. The third-order valence-corrected chi connectivity index (χ3v) is 2.33. The maximum absolute atomic E-state index is 5.75. The molecule has 0 radical (unpaired) electrons. The Balaban J connectivity index is 1.84. The van der Waals surface area contributed by atoms with Crippen molar-refractivity contribution in [2.75, 3.05) is 13.1 Å². The Bertz CT molecular complexity index is 122. The van der Waals surface area contributed by atoms with Gasteiger partial charge in [0.15, 0.2) is 0 Å². The second-order valence-electron chi connectivity index (χ2n) is 3.48. The minimum Gasteiger partial charge on any atom is -0.372 e. The maximum atomic E-state index is 5.75. The molecule has 1 heterocycles. The Morgan fingerprint density at radius 3 is 2.70 bits per heavy atom. The lowest BCUT2D eigenvalue weighted by Gasteiger charge is -2.28. The summed E-state index contributed by atoms with van der Waals surface area (Å²) in [5.74, 6) is 0.884. The Kier molecular flexibility index (Phi) is 1.66. The van der Waals surface area contributed by atoms with Gasteiger partial charge in [0, 0.05) is 13.1 Å². The second kappa shape index (κ2) is 2.51. The van der Waals surface area contributed by atoms with E-state index < -0.39 is 0 Å². The van der Waals surface area contributed by atoms with Gasteiger partial charge in [0.25, 0.3) is 0 Å². The zero-order valence-corrected chi connectivity index (χ0v) is 6.47. The molecule has 0 amide bonds. The molecular weight excluding hydrogens is 126 g/mol. The first-order valence-electron chi connectivity index (χ1n) is 4.22. The number of nitrogens with one attached hydrogen (secondary N) is 1. The van der Waals surface area contributed by atoms with Gasteiger partial charge in [-0.3, -0.25) is 0 Å². The van der Waals surface area contributed by atoms with Gasteiger partial charge in [-0.1, -0.05) is 0 Å². The summed E-state index contributed by atoms with van der Waals surface area (Å²) in [6, 6.07) is 0. The molecule has 10 heavy (non-hydrogen) atoms. The smallest absolute Gasteiger partial charge is 0.0731 e. The molecular formula is C8H15NO. The second-order valence-corrected chi connectivity index (χ2v) is 3.48. The van der Waals surface area contributed by atoms with E-state index in [-0.39, 0.29) is 0 Å². The van der Waals surface area contributed by atoms with E-state index in [0.29, 0.717) is 12.2 Å². The first-order chi connectivity index (χ1) is 4.86. The van der Waals surface area contributed by atoms with Crippen molar-refractivity contribution in [3.8, 4) is 0 Å². The van der Waals surface area contributed by atoms with Crippen LogP contribution in [0.5, 0.6) is 0 Å².